The van der Waals surface area contributed by atoms with Crippen LogP contribution in [-0.4, -0.2) is 60.1 Å². The first-order valence-corrected chi connectivity index (χ1v) is 8.40. The number of carbonyl (C=O) groups is 1. The predicted molar refractivity (Wildman–Crippen MR) is 82.2 cm³/mol. The minimum atomic E-state index is -0.236. The number of piperidine rings is 1. The fourth-order valence-electron chi connectivity index (χ4n) is 3.27. The number of carbonyl (C=O) groups excluding carboxylic acids is 1. The first-order valence-electron chi connectivity index (χ1n) is 7.52. The van der Waals surface area contributed by atoms with Crippen LogP contribution in [-0.2, 0) is 16.1 Å². The fourth-order valence-corrected chi connectivity index (χ4v) is 4.08. The van der Waals surface area contributed by atoms with Crippen LogP contribution in [0, 0.1) is 12.8 Å². The van der Waals surface area contributed by atoms with Crippen LogP contribution in [0.25, 0.3) is 0 Å². The quantitative estimate of drug-likeness (QED) is 0.849. The van der Waals surface area contributed by atoms with Gasteiger partial charge >= 0.3 is 0 Å². The summed E-state index contributed by atoms with van der Waals surface area (Å²) in [7, 11) is 3.60. The van der Waals surface area contributed by atoms with Gasteiger partial charge in [0, 0.05) is 32.1 Å². The Morgan fingerprint density at radius 2 is 2.38 bits per heavy atom. The van der Waals surface area contributed by atoms with E-state index in [0.717, 1.165) is 38.2 Å². The maximum atomic E-state index is 12.1. The number of ether oxygens (including phenoxy) is 1. The molecule has 3 atom stereocenters. The molecule has 116 valence electrons. The van der Waals surface area contributed by atoms with Crippen LogP contribution in [0.15, 0.2) is 5.51 Å². The van der Waals surface area contributed by atoms with E-state index in [0.29, 0.717) is 5.92 Å². The van der Waals surface area contributed by atoms with Crippen molar-refractivity contribution in [1.29, 1.82) is 0 Å². The van der Waals surface area contributed by atoms with E-state index in [4.69, 9.17) is 4.74 Å². The van der Waals surface area contributed by atoms with Gasteiger partial charge in [0.25, 0.3) is 5.91 Å². The summed E-state index contributed by atoms with van der Waals surface area (Å²) in [4.78, 5) is 21.8. The molecule has 3 rings (SSSR count). The van der Waals surface area contributed by atoms with Crippen molar-refractivity contribution >= 4 is 17.2 Å². The van der Waals surface area contributed by atoms with Crippen molar-refractivity contribution in [3.63, 3.8) is 0 Å². The topological polar surface area (TPSA) is 45.7 Å². The molecule has 2 saturated heterocycles. The Labute approximate surface area is 129 Å². The summed E-state index contributed by atoms with van der Waals surface area (Å²) in [6.07, 6.45) is 1.98. The highest BCUT2D eigenvalue weighted by molar-refractivity contribution is 7.09. The highest BCUT2D eigenvalue weighted by Gasteiger charge is 2.42. The van der Waals surface area contributed by atoms with Crippen molar-refractivity contribution in [2.75, 3.05) is 27.2 Å². The smallest absolute Gasteiger partial charge is 0.251 e. The third-order valence-electron chi connectivity index (χ3n) is 4.56. The van der Waals surface area contributed by atoms with E-state index in [9.17, 15) is 4.79 Å². The lowest BCUT2D eigenvalue weighted by Gasteiger charge is -2.33. The molecule has 2 aliphatic heterocycles. The predicted octanol–water partition coefficient (Wildman–Crippen LogP) is 1.52. The molecule has 0 saturated carbocycles. The molecule has 1 aromatic heterocycles. The summed E-state index contributed by atoms with van der Waals surface area (Å²) in [5.74, 6) is 0.645. The Morgan fingerprint density at radius 3 is 3.05 bits per heavy atom. The van der Waals surface area contributed by atoms with Crippen molar-refractivity contribution in [3.05, 3.63) is 16.1 Å². The lowest BCUT2D eigenvalue weighted by Crippen LogP contribution is -2.42. The van der Waals surface area contributed by atoms with Gasteiger partial charge in [-0.15, -0.1) is 11.3 Å². The first kappa shape index (κ1) is 14.9. The molecule has 0 radical (unpaired) electrons. The normalized spacial score (nSPS) is 29.4. The highest BCUT2D eigenvalue weighted by atomic mass is 32.1. The number of rotatable bonds is 3. The lowest BCUT2D eigenvalue weighted by atomic mass is 9.91. The summed E-state index contributed by atoms with van der Waals surface area (Å²) in [6.45, 7) is 5.04. The Bertz CT molecular complexity index is 517. The number of likely N-dealkylation sites (tertiary alicyclic amines) is 1. The molecule has 0 bridgehead atoms. The number of amides is 1. The molecule has 0 unspecified atom stereocenters. The molecular weight excluding hydrogens is 286 g/mol. The second kappa shape index (κ2) is 6.02. The van der Waals surface area contributed by atoms with E-state index in [-0.39, 0.29) is 18.1 Å². The molecule has 6 heteroatoms. The third kappa shape index (κ3) is 3.12. The highest BCUT2D eigenvalue weighted by Crippen LogP contribution is 2.34. The van der Waals surface area contributed by atoms with Crippen LogP contribution in [0.1, 0.15) is 23.4 Å². The summed E-state index contributed by atoms with van der Waals surface area (Å²) in [5.41, 5.74) is 3.05. The Kier molecular flexibility index (Phi) is 4.28. The van der Waals surface area contributed by atoms with Crippen molar-refractivity contribution in [3.8, 4) is 0 Å². The monoisotopic (exact) mass is 309 g/mol. The zero-order valence-electron chi connectivity index (χ0n) is 12.9. The number of hydrogen-bond donors (Lipinski definition) is 0. The molecule has 2 aliphatic rings. The lowest BCUT2D eigenvalue weighted by molar-refractivity contribution is -0.141. The number of fused-ring (bicyclic) bond motifs is 1. The molecule has 0 aliphatic carbocycles. The van der Waals surface area contributed by atoms with Gasteiger partial charge in [0.15, 0.2) is 0 Å². The maximum Gasteiger partial charge on any atom is 0.251 e. The van der Waals surface area contributed by atoms with Crippen LogP contribution in [0.2, 0.25) is 0 Å². The zero-order chi connectivity index (χ0) is 15.0. The van der Waals surface area contributed by atoms with Gasteiger partial charge in [-0.3, -0.25) is 9.69 Å². The van der Waals surface area contributed by atoms with Crippen molar-refractivity contribution in [2.45, 2.75) is 38.5 Å². The summed E-state index contributed by atoms with van der Waals surface area (Å²) in [5, 5.41) is 0. The van der Waals surface area contributed by atoms with E-state index in [1.165, 1.54) is 4.88 Å². The van der Waals surface area contributed by atoms with Gasteiger partial charge in [-0.1, -0.05) is 0 Å². The van der Waals surface area contributed by atoms with Gasteiger partial charge in [-0.2, -0.15) is 0 Å². The van der Waals surface area contributed by atoms with Crippen LogP contribution < -0.4 is 0 Å². The van der Waals surface area contributed by atoms with Crippen molar-refractivity contribution in [1.82, 2.24) is 14.8 Å². The molecule has 0 aromatic carbocycles. The zero-order valence-corrected chi connectivity index (χ0v) is 13.7. The number of likely N-dealkylation sites (N-methyl/N-ethyl adjacent to an activating group) is 1. The number of hydrogen-bond acceptors (Lipinski definition) is 5. The molecule has 1 aromatic rings. The molecule has 0 spiro atoms. The van der Waals surface area contributed by atoms with Crippen molar-refractivity contribution in [2.24, 2.45) is 5.92 Å². The van der Waals surface area contributed by atoms with Gasteiger partial charge in [0.1, 0.15) is 6.10 Å². The second-order valence-corrected chi connectivity index (χ2v) is 7.22. The van der Waals surface area contributed by atoms with E-state index < -0.39 is 0 Å². The molecule has 0 N–H and O–H groups in total. The largest absolute Gasteiger partial charge is 0.364 e. The third-order valence-corrected chi connectivity index (χ3v) is 5.48. The van der Waals surface area contributed by atoms with Gasteiger partial charge in [0.05, 0.1) is 17.3 Å². The number of aromatic nitrogens is 1. The Balaban J connectivity index is 1.59. The van der Waals surface area contributed by atoms with E-state index in [1.807, 2.05) is 5.51 Å². The van der Waals surface area contributed by atoms with Crippen LogP contribution in [0.3, 0.4) is 0 Å². The molecule has 3 heterocycles. The first-order chi connectivity index (χ1) is 10.0. The molecule has 21 heavy (non-hydrogen) atoms. The van der Waals surface area contributed by atoms with Gasteiger partial charge in [-0.25, -0.2) is 4.98 Å². The van der Waals surface area contributed by atoms with Gasteiger partial charge in [-0.05, 0) is 32.2 Å². The van der Waals surface area contributed by atoms with Crippen LogP contribution in [0.5, 0.6) is 0 Å². The standard InChI is InChI=1S/C15H23N3O2S/c1-10-14(21-9-16-10)8-18-5-4-11-6-12(15(19)17(2)3)20-13(11)7-18/h9,11-13H,4-8H2,1-3H3/t11-,12-,13-/m0/s1. The second-order valence-electron chi connectivity index (χ2n) is 6.28. The van der Waals surface area contributed by atoms with Crippen molar-refractivity contribution < 1.29 is 9.53 Å². The molecule has 1 amide bonds. The Hall–Kier alpha value is -0.980. The summed E-state index contributed by atoms with van der Waals surface area (Å²) < 4.78 is 6.02. The number of aryl methyl sites for hydroxylation is 1. The van der Waals surface area contributed by atoms with Gasteiger partial charge < -0.3 is 9.64 Å². The summed E-state index contributed by atoms with van der Waals surface area (Å²) in [6, 6.07) is 0. The fraction of sp³-hybridized carbons (Fsp3) is 0.733. The molecular formula is C15H23N3O2S. The van der Waals surface area contributed by atoms with E-state index >= 15 is 0 Å². The molecule has 5 nitrogen and oxygen atoms in total. The van der Waals surface area contributed by atoms with E-state index in [2.05, 4.69) is 16.8 Å². The minimum Gasteiger partial charge on any atom is -0.364 e. The van der Waals surface area contributed by atoms with Crippen LogP contribution in [0.4, 0.5) is 0 Å². The summed E-state index contributed by atoms with van der Waals surface area (Å²) >= 11 is 1.72. The van der Waals surface area contributed by atoms with Crippen LogP contribution >= 0.6 is 11.3 Å². The number of thiazole rings is 1. The van der Waals surface area contributed by atoms with Gasteiger partial charge in [0.2, 0.25) is 0 Å². The Morgan fingerprint density at radius 1 is 1.57 bits per heavy atom. The maximum absolute atomic E-state index is 12.1. The average molecular weight is 309 g/mol. The van der Waals surface area contributed by atoms with E-state index in [1.54, 1.807) is 30.3 Å². The SMILES string of the molecule is Cc1ncsc1CN1CC[C@H]2C[C@@H](C(=O)N(C)C)O[C@H]2C1. The average Bonchev–Trinajstić information content (AvgIpc) is 3.04. The number of nitrogens with zero attached hydrogens (tertiary/aromatic N) is 3. The molecule has 2 fully saturated rings. The minimum absolute atomic E-state index is 0.106.